The number of pyridine rings is 1. The topological polar surface area (TPSA) is 69.2 Å². The number of nitrogens with zero attached hydrogens (tertiary/aromatic N) is 4. The molecule has 0 aliphatic carbocycles. The maximum Gasteiger partial charge on any atom is 0.202 e. The molecule has 0 aromatic carbocycles. The van der Waals surface area contributed by atoms with E-state index in [-0.39, 0.29) is 0 Å². The Kier molecular flexibility index (Phi) is 4.73. The third kappa shape index (κ3) is 3.43. The summed E-state index contributed by atoms with van der Waals surface area (Å²) in [6.07, 6.45) is 1.76. The number of fused-ring (bicyclic) bond motifs is 1. The van der Waals surface area contributed by atoms with E-state index in [0.717, 1.165) is 41.9 Å². The summed E-state index contributed by atoms with van der Waals surface area (Å²) in [5.74, 6) is 0.501. The number of rotatable bonds is 6. The first-order valence-corrected chi connectivity index (χ1v) is 6.86. The zero-order chi connectivity index (χ0) is 13.8. The Morgan fingerprint density at radius 3 is 3.00 bits per heavy atom. The summed E-state index contributed by atoms with van der Waals surface area (Å²) >= 11 is 3.38. The summed E-state index contributed by atoms with van der Waals surface area (Å²) in [6, 6.07) is 1.92. The van der Waals surface area contributed by atoms with E-state index in [9.17, 15) is 0 Å². The summed E-state index contributed by atoms with van der Waals surface area (Å²) in [6.45, 7) is 3.25. The van der Waals surface area contributed by atoms with E-state index >= 15 is 0 Å². The van der Waals surface area contributed by atoms with Gasteiger partial charge in [0.15, 0.2) is 5.65 Å². The molecule has 0 radical (unpaired) electrons. The highest BCUT2D eigenvalue weighted by atomic mass is 79.9. The Labute approximate surface area is 120 Å². The van der Waals surface area contributed by atoms with Crippen molar-refractivity contribution in [2.45, 2.75) is 6.54 Å². The number of likely N-dealkylation sites (N-methyl/N-ethyl adjacent to an activating group) is 1. The molecule has 2 aromatic heterocycles. The molecule has 19 heavy (non-hydrogen) atoms. The fourth-order valence-electron chi connectivity index (χ4n) is 1.85. The second kappa shape index (κ2) is 6.31. The third-order valence-electron chi connectivity index (χ3n) is 2.96. The van der Waals surface area contributed by atoms with Gasteiger partial charge < -0.3 is 15.4 Å². The minimum atomic E-state index is 0.501. The molecule has 7 heteroatoms. The van der Waals surface area contributed by atoms with Crippen LogP contribution in [0.4, 0.5) is 5.95 Å². The predicted molar refractivity (Wildman–Crippen MR) is 79.0 cm³/mol. The van der Waals surface area contributed by atoms with Crippen molar-refractivity contribution in [1.82, 2.24) is 19.4 Å². The van der Waals surface area contributed by atoms with Crippen LogP contribution in [0.15, 0.2) is 16.7 Å². The number of methoxy groups -OCH3 is 1. The van der Waals surface area contributed by atoms with Crippen molar-refractivity contribution in [2.24, 2.45) is 0 Å². The lowest BCUT2D eigenvalue weighted by atomic mass is 10.4. The summed E-state index contributed by atoms with van der Waals surface area (Å²) in [5.41, 5.74) is 7.57. The number of nitrogens with two attached hydrogens (primary N) is 1. The number of hydrogen-bond donors (Lipinski definition) is 1. The molecule has 0 saturated carbocycles. The summed E-state index contributed by atoms with van der Waals surface area (Å²) in [5, 5.41) is 0. The number of imidazole rings is 1. The normalized spacial score (nSPS) is 11.6. The number of aromatic nitrogens is 3. The zero-order valence-corrected chi connectivity index (χ0v) is 12.7. The largest absolute Gasteiger partial charge is 0.383 e. The number of anilines is 1. The second-order valence-corrected chi connectivity index (χ2v) is 5.33. The quantitative estimate of drug-likeness (QED) is 0.867. The lowest BCUT2D eigenvalue weighted by Crippen LogP contribution is -2.27. The van der Waals surface area contributed by atoms with Crippen molar-refractivity contribution in [3.05, 3.63) is 16.7 Å². The molecular weight excluding hydrogens is 310 g/mol. The maximum absolute atomic E-state index is 5.94. The minimum Gasteiger partial charge on any atom is -0.383 e. The maximum atomic E-state index is 5.94. The second-order valence-electron chi connectivity index (χ2n) is 4.41. The Hall–Kier alpha value is -1.18. The Bertz CT molecular complexity index is 556. The van der Waals surface area contributed by atoms with Crippen LogP contribution in [0.1, 0.15) is 0 Å². The van der Waals surface area contributed by atoms with Crippen LogP contribution in [0.2, 0.25) is 0 Å². The lowest BCUT2D eigenvalue weighted by Gasteiger charge is -2.16. The van der Waals surface area contributed by atoms with Crippen LogP contribution in [-0.2, 0) is 11.3 Å². The van der Waals surface area contributed by atoms with Gasteiger partial charge in [-0.2, -0.15) is 0 Å². The SMILES string of the molecule is COCCN(C)CCn1c(N)nc2cc(Br)cnc21. The van der Waals surface area contributed by atoms with E-state index < -0.39 is 0 Å². The molecule has 0 fully saturated rings. The molecule has 2 rings (SSSR count). The third-order valence-corrected chi connectivity index (χ3v) is 3.40. The predicted octanol–water partition coefficient (Wildman–Crippen LogP) is 1.35. The molecule has 0 amide bonds. The van der Waals surface area contributed by atoms with Crippen molar-refractivity contribution >= 4 is 33.0 Å². The first-order valence-electron chi connectivity index (χ1n) is 6.06. The average Bonchev–Trinajstić information content (AvgIpc) is 2.68. The van der Waals surface area contributed by atoms with Gasteiger partial charge in [0.25, 0.3) is 0 Å². The van der Waals surface area contributed by atoms with Crippen molar-refractivity contribution in [3.8, 4) is 0 Å². The highest BCUT2D eigenvalue weighted by Crippen LogP contribution is 2.19. The van der Waals surface area contributed by atoms with Crippen molar-refractivity contribution in [3.63, 3.8) is 0 Å². The van der Waals surface area contributed by atoms with E-state index in [2.05, 4.69) is 37.8 Å². The van der Waals surface area contributed by atoms with Crippen LogP contribution < -0.4 is 5.73 Å². The first kappa shape index (κ1) is 14.2. The van der Waals surface area contributed by atoms with Crippen LogP contribution in [0, 0.1) is 0 Å². The smallest absolute Gasteiger partial charge is 0.202 e. The highest BCUT2D eigenvalue weighted by Gasteiger charge is 2.10. The number of halogens is 1. The molecule has 104 valence electrons. The zero-order valence-electron chi connectivity index (χ0n) is 11.1. The fourth-order valence-corrected chi connectivity index (χ4v) is 2.17. The molecule has 0 bridgehead atoms. The van der Waals surface area contributed by atoms with E-state index in [1.165, 1.54) is 0 Å². The Balaban J connectivity index is 2.10. The van der Waals surface area contributed by atoms with Crippen molar-refractivity contribution in [1.29, 1.82) is 0 Å². The first-order chi connectivity index (χ1) is 9.11. The number of nitrogen functional groups attached to an aromatic ring is 1. The van der Waals surface area contributed by atoms with Crippen LogP contribution >= 0.6 is 15.9 Å². The van der Waals surface area contributed by atoms with Crippen LogP contribution in [0.3, 0.4) is 0 Å². The van der Waals surface area contributed by atoms with Gasteiger partial charge in [-0.05, 0) is 29.0 Å². The average molecular weight is 328 g/mol. The van der Waals surface area contributed by atoms with Crippen LogP contribution in [0.25, 0.3) is 11.2 Å². The van der Waals surface area contributed by atoms with E-state index in [1.54, 1.807) is 13.3 Å². The van der Waals surface area contributed by atoms with Gasteiger partial charge in [0, 0.05) is 37.4 Å². The molecule has 0 aliphatic heterocycles. The summed E-state index contributed by atoms with van der Waals surface area (Å²) in [4.78, 5) is 10.9. The molecule has 2 heterocycles. The highest BCUT2D eigenvalue weighted by molar-refractivity contribution is 9.10. The Morgan fingerprint density at radius 1 is 1.47 bits per heavy atom. The molecule has 2 N–H and O–H groups in total. The van der Waals surface area contributed by atoms with E-state index in [4.69, 9.17) is 10.5 Å². The van der Waals surface area contributed by atoms with Gasteiger partial charge >= 0.3 is 0 Å². The molecule has 0 saturated heterocycles. The monoisotopic (exact) mass is 327 g/mol. The van der Waals surface area contributed by atoms with E-state index in [1.807, 2.05) is 10.6 Å². The lowest BCUT2D eigenvalue weighted by molar-refractivity contribution is 0.159. The van der Waals surface area contributed by atoms with Crippen LogP contribution in [-0.4, -0.2) is 53.3 Å². The van der Waals surface area contributed by atoms with Gasteiger partial charge in [-0.15, -0.1) is 0 Å². The minimum absolute atomic E-state index is 0.501. The molecule has 6 nitrogen and oxygen atoms in total. The molecule has 0 aliphatic rings. The van der Waals surface area contributed by atoms with Gasteiger partial charge in [-0.25, -0.2) is 9.97 Å². The molecule has 0 unspecified atom stereocenters. The molecule has 2 aromatic rings. The number of ether oxygens (including phenoxy) is 1. The van der Waals surface area contributed by atoms with Gasteiger partial charge in [0.2, 0.25) is 5.95 Å². The van der Waals surface area contributed by atoms with Gasteiger partial charge in [0.05, 0.1) is 6.61 Å². The number of hydrogen-bond acceptors (Lipinski definition) is 5. The van der Waals surface area contributed by atoms with E-state index in [0.29, 0.717) is 5.95 Å². The Morgan fingerprint density at radius 2 is 2.26 bits per heavy atom. The molecular formula is C12H18BrN5O. The fraction of sp³-hybridized carbons (Fsp3) is 0.500. The van der Waals surface area contributed by atoms with Gasteiger partial charge in [0.1, 0.15) is 5.52 Å². The molecule has 0 spiro atoms. The summed E-state index contributed by atoms with van der Waals surface area (Å²) < 4.78 is 7.89. The van der Waals surface area contributed by atoms with Crippen molar-refractivity contribution < 1.29 is 4.74 Å². The molecule has 0 atom stereocenters. The standard InChI is InChI=1S/C12H18BrN5O/c1-17(5-6-19-2)3-4-18-11-10(16-12(18)14)7-9(13)8-15-11/h7-8H,3-6H2,1-2H3,(H2,14,16). The van der Waals surface area contributed by atoms with Crippen molar-refractivity contribution in [2.75, 3.05) is 39.6 Å². The summed E-state index contributed by atoms with van der Waals surface area (Å²) in [7, 11) is 3.76. The van der Waals surface area contributed by atoms with Gasteiger partial charge in [-0.3, -0.25) is 4.57 Å². The van der Waals surface area contributed by atoms with Gasteiger partial charge in [-0.1, -0.05) is 0 Å². The van der Waals surface area contributed by atoms with Crippen LogP contribution in [0.5, 0.6) is 0 Å².